The molecule has 3 N–H and O–H groups in total. The van der Waals surface area contributed by atoms with Crippen LogP contribution in [0.15, 0.2) is 0 Å². The Hall–Kier alpha value is -1.24. The first-order valence-electron chi connectivity index (χ1n) is 4.73. The number of thioether (sulfide) groups is 1. The van der Waals surface area contributed by atoms with Crippen LogP contribution in [-0.2, 0) is 14.4 Å². The van der Waals surface area contributed by atoms with Crippen LogP contribution in [0.3, 0.4) is 0 Å². The molecule has 7 heteroatoms. The maximum Gasteiger partial charge on any atom is 0.326 e. The largest absolute Gasteiger partial charge is 0.480 e. The van der Waals surface area contributed by atoms with Gasteiger partial charge in [0.1, 0.15) is 6.04 Å². The molecule has 0 rings (SSSR count). The Balaban J connectivity index is 4.02. The minimum Gasteiger partial charge on any atom is -0.480 e. The molecule has 16 heavy (non-hydrogen) atoms. The second-order valence-electron chi connectivity index (χ2n) is 3.15. The van der Waals surface area contributed by atoms with E-state index in [1.54, 1.807) is 0 Å². The maximum atomic E-state index is 11.2. The van der Waals surface area contributed by atoms with Crippen LogP contribution >= 0.6 is 11.8 Å². The molecule has 92 valence electrons. The Morgan fingerprint density at radius 1 is 1.38 bits per heavy atom. The summed E-state index contributed by atoms with van der Waals surface area (Å²) < 4.78 is 0. The van der Waals surface area contributed by atoms with Gasteiger partial charge in [-0.3, -0.25) is 9.59 Å². The van der Waals surface area contributed by atoms with Crippen LogP contribution in [0.5, 0.6) is 0 Å². The Kier molecular flexibility index (Phi) is 7.36. The third-order valence-electron chi connectivity index (χ3n) is 1.74. The van der Waals surface area contributed by atoms with E-state index in [2.05, 4.69) is 10.6 Å². The Morgan fingerprint density at radius 2 is 2.00 bits per heavy atom. The van der Waals surface area contributed by atoms with E-state index in [0.29, 0.717) is 12.2 Å². The first-order chi connectivity index (χ1) is 7.47. The first kappa shape index (κ1) is 14.8. The SMILES string of the molecule is CSCCC(NC(=O)CNC(C)=O)C(=O)O. The van der Waals surface area contributed by atoms with E-state index in [-0.39, 0.29) is 12.5 Å². The highest BCUT2D eigenvalue weighted by Crippen LogP contribution is 2.00. The predicted octanol–water partition coefficient (Wildman–Crippen LogP) is -0.555. The fraction of sp³-hybridized carbons (Fsp3) is 0.667. The average Bonchev–Trinajstić information content (AvgIpc) is 2.20. The monoisotopic (exact) mass is 248 g/mol. The van der Waals surface area contributed by atoms with Gasteiger partial charge in [-0.25, -0.2) is 4.79 Å². The van der Waals surface area contributed by atoms with E-state index in [9.17, 15) is 14.4 Å². The Labute approximate surface area is 98.2 Å². The van der Waals surface area contributed by atoms with Crippen molar-refractivity contribution >= 4 is 29.5 Å². The summed E-state index contributed by atoms with van der Waals surface area (Å²) in [4.78, 5) is 32.5. The third-order valence-corrected chi connectivity index (χ3v) is 2.39. The summed E-state index contributed by atoms with van der Waals surface area (Å²) in [6.07, 6.45) is 2.22. The minimum atomic E-state index is -1.06. The fourth-order valence-electron chi connectivity index (χ4n) is 0.943. The summed E-state index contributed by atoms with van der Waals surface area (Å²) >= 11 is 1.51. The molecule has 0 spiro atoms. The van der Waals surface area contributed by atoms with Crippen molar-refractivity contribution in [1.29, 1.82) is 0 Å². The molecule has 0 heterocycles. The number of carbonyl (C=O) groups excluding carboxylic acids is 2. The molecule has 2 amide bonds. The van der Waals surface area contributed by atoms with E-state index in [1.165, 1.54) is 18.7 Å². The molecule has 0 saturated carbocycles. The Morgan fingerprint density at radius 3 is 2.44 bits per heavy atom. The standard InChI is InChI=1S/C9H16N2O4S/c1-6(12)10-5-8(13)11-7(9(14)15)3-4-16-2/h7H,3-5H2,1-2H3,(H,10,12)(H,11,13)(H,14,15). The predicted molar refractivity (Wildman–Crippen MR) is 61.2 cm³/mol. The molecule has 0 aromatic carbocycles. The van der Waals surface area contributed by atoms with E-state index >= 15 is 0 Å². The second kappa shape index (κ2) is 7.98. The molecule has 0 aromatic rings. The number of carboxylic acid groups (broad SMARTS) is 1. The molecule has 0 aromatic heterocycles. The van der Waals surface area contributed by atoms with Crippen molar-refractivity contribution in [3.05, 3.63) is 0 Å². The molecule has 0 saturated heterocycles. The molecular weight excluding hydrogens is 232 g/mol. The van der Waals surface area contributed by atoms with Gasteiger partial charge in [-0.05, 0) is 18.4 Å². The molecule has 1 unspecified atom stereocenters. The van der Waals surface area contributed by atoms with Crippen molar-refractivity contribution < 1.29 is 19.5 Å². The van der Waals surface area contributed by atoms with Crippen LogP contribution in [0.2, 0.25) is 0 Å². The van der Waals surface area contributed by atoms with Gasteiger partial charge >= 0.3 is 5.97 Å². The summed E-state index contributed by atoms with van der Waals surface area (Å²) in [6.45, 7) is 1.09. The van der Waals surface area contributed by atoms with Gasteiger partial charge in [0.25, 0.3) is 0 Å². The van der Waals surface area contributed by atoms with Crippen molar-refractivity contribution in [2.45, 2.75) is 19.4 Å². The molecule has 0 aliphatic rings. The number of amides is 2. The topological polar surface area (TPSA) is 95.5 Å². The van der Waals surface area contributed by atoms with Crippen molar-refractivity contribution in [3.8, 4) is 0 Å². The summed E-state index contributed by atoms with van der Waals surface area (Å²) in [5, 5.41) is 13.5. The van der Waals surface area contributed by atoms with Gasteiger partial charge < -0.3 is 15.7 Å². The third kappa shape index (κ3) is 7.10. The van der Waals surface area contributed by atoms with Gasteiger partial charge in [0.2, 0.25) is 11.8 Å². The number of hydrogen-bond acceptors (Lipinski definition) is 4. The van der Waals surface area contributed by atoms with E-state index in [4.69, 9.17) is 5.11 Å². The smallest absolute Gasteiger partial charge is 0.326 e. The number of nitrogens with one attached hydrogen (secondary N) is 2. The van der Waals surface area contributed by atoms with Crippen LogP contribution in [-0.4, -0.2) is 47.5 Å². The lowest BCUT2D eigenvalue weighted by atomic mass is 10.2. The van der Waals surface area contributed by atoms with Gasteiger partial charge in [-0.15, -0.1) is 0 Å². The van der Waals surface area contributed by atoms with Gasteiger partial charge in [0, 0.05) is 6.92 Å². The van der Waals surface area contributed by atoms with Crippen molar-refractivity contribution in [1.82, 2.24) is 10.6 Å². The summed E-state index contributed by atoms with van der Waals surface area (Å²) in [5.74, 6) is -1.24. The van der Waals surface area contributed by atoms with Gasteiger partial charge in [-0.2, -0.15) is 11.8 Å². The zero-order valence-corrected chi connectivity index (χ0v) is 10.1. The molecule has 1 atom stereocenters. The average molecular weight is 248 g/mol. The number of carboxylic acids is 1. The summed E-state index contributed by atoms with van der Waals surface area (Å²) in [6, 6.07) is -0.895. The normalized spacial score (nSPS) is 11.6. The first-order valence-corrected chi connectivity index (χ1v) is 6.12. The minimum absolute atomic E-state index is 0.196. The molecule has 0 aliphatic heterocycles. The second-order valence-corrected chi connectivity index (χ2v) is 4.14. The highest BCUT2D eigenvalue weighted by Gasteiger charge is 2.18. The quantitative estimate of drug-likeness (QED) is 0.561. The molecular formula is C9H16N2O4S. The van der Waals surface area contributed by atoms with Gasteiger partial charge in [0.15, 0.2) is 0 Å². The highest BCUT2D eigenvalue weighted by molar-refractivity contribution is 7.98. The van der Waals surface area contributed by atoms with Crippen LogP contribution < -0.4 is 10.6 Å². The van der Waals surface area contributed by atoms with Crippen molar-refractivity contribution in [2.75, 3.05) is 18.6 Å². The lowest BCUT2D eigenvalue weighted by molar-refractivity contribution is -0.141. The van der Waals surface area contributed by atoms with Crippen LogP contribution in [0, 0.1) is 0 Å². The van der Waals surface area contributed by atoms with Gasteiger partial charge in [-0.1, -0.05) is 0 Å². The maximum absolute atomic E-state index is 11.2. The van der Waals surface area contributed by atoms with E-state index in [1.807, 2.05) is 6.26 Å². The molecule has 0 fully saturated rings. The zero-order valence-electron chi connectivity index (χ0n) is 9.28. The molecule has 6 nitrogen and oxygen atoms in total. The number of rotatable bonds is 7. The number of hydrogen-bond donors (Lipinski definition) is 3. The van der Waals surface area contributed by atoms with Gasteiger partial charge in [0.05, 0.1) is 6.54 Å². The molecule has 0 radical (unpaired) electrons. The van der Waals surface area contributed by atoms with Crippen molar-refractivity contribution in [3.63, 3.8) is 0 Å². The van der Waals surface area contributed by atoms with Crippen LogP contribution in [0.4, 0.5) is 0 Å². The summed E-state index contributed by atoms with van der Waals surface area (Å²) in [5.41, 5.74) is 0. The lowest BCUT2D eigenvalue weighted by Crippen LogP contribution is -2.45. The number of carbonyl (C=O) groups is 3. The van der Waals surface area contributed by atoms with E-state index in [0.717, 1.165) is 0 Å². The molecule has 0 bridgehead atoms. The van der Waals surface area contributed by atoms with Crippen molar-refractivity contribution in [2.24, 2.45) is 0 Å². The fourth-order valence-corrected chi connectivity index (χ4v) is 1.41. The Bertz CT molecular complexity index is 270. The highest BCUT2D eigenvalue weighted by atomic mass is 32.2. The molecule has 0 aliphatic carbocycles. The van der Waals surface area contributed by atoms with E-state index < -0.39 is 17.9 Å². The van der Waals surface area contributed by atoms with Crippen LogP contribution in [0.1, 0.15) is 13.3 Å². The van der Waals surface area contributed by atoms with Crippen LogP contribution in [0.25, 0.3) is 0 Å². The lowest BCUT2D eigenvalue weighted by Gasteiger charge is -2.13. The summed E-state index contributed by atoms with van der Waals surface area (Å²) in [7, 11) is 0. The zero-order chi connectivity index (χ0) is 12.6. The number of aliphatic carboxylic acids is 1.